The molecule has 2 N–H and O–H groups in total. The number of nitrogens with one attached hydrogen (secondary N) is 1. The van der Waals surface area contributed by atoms with Crippen LogP contribution in [-0.2, 0) is 13.6 Å². The number of aromatic nitrogens is 4. The minimum atomic E-state index is -0.758. The maximum absolute atomic E-state index is 10.0. The van der Waals surface area contributed by atoms with Crippen LogP contribution in [0.15, 0.2) is 0 Å². The second-order valence-corrected chi connectivity index (χ2v) is 4.53. The van der Waals surface area contributed by atoms with Crippen LogP contribution in [-0.4, -0.2) is 63.0 Å². The van der Waals surface area contributed by atoms with E-state index >= 15 is 0 Å². The molecule has 1 aromatic rings. The van der Waals surface area contributed by atoms with Gasteiger partial charge in [0.25, 0.3) is 0 Å². The van der Waals surface area contributed by atoms with Gasteiger partial charge in [-0.3, -0.25) is 0 Å². The zero-order valence-corrected chi connectivity index (χ0v) is 10.3. The highest BCUT2D eigenvalue weighted by Gasteiger charge is 2.20. The quantitative estimate of drug-likeness (QED) is 0.624. The Morgan fingerprint density at radius 2 is 2.19 bits per heavy atom. The Morgan fingerprint density at radius 1 is 1.50 bits per heavy atom. The summed E-state index contributed by atoms with van der Waals surface area (Å²) >= 11 is 0. The highest BCUT2D eigenvalue weighted by atomic mass is 16.3. The first-order valence-corrected chi connectivity index (χ1v) is 5.20. The van der Waals surface area contributed by atoms with Crippen molar-refractivity contribution < 1.29 is 5.11 Å². The van der Waals surface area contributed by atoms with Crippen molar-refractivity contribution in [2.45, 2.75) is 19.1 Å². The average molecular weight is 228 g/mol. The van der Waals surface area contributed by atoms with Gasteiger partial charge in [0.15, 0.2) is 5.82 Å². The highest BCUT2D eigenvalue weighted by molar-refractivity contribution is 4.81. The molecule has 0 spiro atoms. The lowest BCUT2D eigenvalue weighted by Crippen LogP contribution is -2.45. The number of hydrogen-bond acceptors (Lipinski definition) is 6. The predicted octanol–water partition coefficient (Wildman–Crippen LogP) is -1.39. The van der Waals surface area contributed by atoms with E-state index < -0.39 is 5.60 Å². The molecule has 0 saturated heterocycles. The second-order valence-electron chi connectivity index (χ2n) is 4.53. The molecule has 1 rings (SSSR count). The third-order valence-electron chi connectivity index (χ3n) is 2.00. The summed E-state index contributed by atoms with van der Waals surface area (Å²) in [5, 5.41) is 24.7. The molecule has 0 fully saturated rings. The molecule has 0 amide bonds. The van der Waals surface area contributed by atoms with Crippen LogP contribution in [0.4, 0.5) is 0 Å². The molecule has 0 bridgehead atoms. The molecule has 1 unspecified atom stereocenters. The van der Waals surface area contributed by atoms with Crippen molar-refractivity contribution in [1.82, 2.24) is 30.4 Å². The number of likely N-dealkylation sites (N-methyl/N-ethyl adjacent to an activating group) is 1. The third kappa shape index (κ3) is 4.65. The monoisotopic (exact) mass is 228 g/mol. The number of aliphatic hydroxyl groups is 1. The maximum Gasteiger partial charge on any atom is 0.188 e. The summed E-state index contributed by atoms with van der Waals surface area (Å²) in [6.07, 6.45) is 0. The predicted molar refractivity (Wildman–Crippen MR) is 59.7 cm³/mol. The zero-order chi connectivity index (χ0) is 12.2. The SMILES string of the molecule is CN(C)CC(C)(O)CNCc1nnn(C)n1. The fraction of sp³-hybridized carbons (Fsp3) is 0.889. The Morgan fingerprint density at radius 3 is 2.69 bits per heavy atom. The second kappa shape index (κ2) is 5.33. The van der Waals surface area contributed by atoms with Crippen LogP contribution in [0.2, 0.25) is 0 Å². The van der Waals surface area contributed by atoms with E-state index in [0.717, 1.165) is 0 Å². The molecule has 0 aliphatic carbocycles. The molecule has 1 aromatic heterocycles. The van der Waals surface area contributed by atoms with Crippen LogP contribution in [0.5, 0.6) is 0 Å². The third-order valence-corrected chi connectivity index (χ3v) is 2.00. The minimum absolute atomic E-state index is 0.490. The van der Waals surface area contributed by atoms with Gasteiger partial charge in [0.2, 0.25) is 0 Å². The van der Waals surface area contributed by atoms with Gasteiger partial charge in [-0.25, -0.2) is 0 Å². The standard InChI is InChI=1S/C9H20N6O/c1-9(16,7-14(2)3)6-10-5-8-11-13-15(4)12-8/h10,16H,5-7H2,1-4H3. The van der Waals surface area contributed by atoms with Crippen molar-refractivity contribution >= 4 is 0 Å². The largest absolute Gasteiger partial charge is 0.388 e. The van der Waals surface area contributed by atoms with Crippen molar-refractivity contribution in [3.05, 3.63) is 5.82 Å². The summed E-state index contributed by atoms with van der Waals surface area (Å²) in [6.45, 7) is 3.40. The molecule has 16 heavy (non-hydrogen) atoms. The Labute approximate surface area is 95.4 Å². The van der Waals surface area contributed by atoms with E-state index in [1.54, 1.807) is 14.0 Å². The lowest BCUT2D eigenvalue weighted by Gasteiger charge is -2.26. The van der Waals surface area contributed by atoms with Crippen LogP contribution >= 0.6 is 0 Å². The van der Waals surface area contributed by atoms with Gasteiger partial charge in [-0.2, -0.15) is 4.80 Å². The molecule has 0 aromatic carbocycles. The summed E-state index contributed by atoms with van der Waals surface area (Å²) in [4.78, 5) is 3.36. The molecule has 0 aliphatic rings. The molecule has 0 aliphatic heterocycles. The van der Waals surface area contributed by atoms with Crippen LogP contribution in [0.1, 0.15) is 12.7 Å². The van der Waals surface area contributed by atoms with E-state index in [2.05, 4.69) is 20.7 Å². The fourth-order valence-electron chi connectivity index (χ4n) is 1.57. The minimum Gasteiger partial charge on any atom is -0.388 e. The first-order valence-electron chi connectivity index (χ1n) is 5.20. The van der Waals surface area contributed by atoms with Crippen LogP contribution in [0.3, 0.4) is 0 Å². The average Bonchev–Trinajstić information content (AvgIpc) is 2.48. The van der Waals surface area contributed by atoms with Crippen LogP contribution in [0, 0.1) is 0 Å². The number of aryl methyl sites for hydroxylation is 1. The van der Waals surface area contributed by atoms with Crippen molar-refractivity contribution in [2.24, 2.45) is 7.05 Å². The number of tetrazole rings is 1. The molecule has 0 saturated carbocycles. The van der Waals surface area contributed by atoms with Crippen LogP contribution in [0.25, 0.3) is 0 Å². The topological polar surface area (TPSA) is 79.1 Å². The van der Waals surface area contributed by atoms with E-state index in [1.165, 1.54) is 4.80 Å². The Balaban J connectivity index is 2.29. The van der Waals surface area contributed by atoms with Crippen molar-refractivity contribution in [1.29, 1.82) is 0 Å². The Kier molecular flexibility index (Phi) is 4.34. The zero-order valence-electron chi connectivity index (χ0n) is 10.3. The molecule has 1 heterocycles. The fourth-order valence-corrected chi connectivity index (χ4v) is 1.57. The van der Waals surface area contributed by atoms with E-state index in [4.69, 9.17) is 0 Å². The molecular formula is C9H20N6O. The Bertz CT molecular complexity index is 322. The summed E-state index contributed by atoms with van der Waals surface area (Å²) in [5.41, 5.74) is -0.758. The Hall–Kier alpha value is -1.05. The van der Waals surface area contributed by atoms with E-state index in [1.807, 2.05) is 19.0 Å². The van der Waals surface area contributed by atoms with Gasteiger partial charge in [0.1, 0.15) is 0 Å². The van der Waals surface area contributed by atoms with Crippen molar-refractivity contribution in [2.75, 3.05) is 27.2 Å². The van der Waals surface area contributed by atoms with Gasteiger partial charge in [0, 0.05) is 13.1 Å². The first-order chi connectivity index (χ1) is 7.39. The number of nitrogens with zero attached hydrogens (tertiary/aromatic N) is 5. The normalized spacial score (nSPS) is 15.4. The molecule has 1 atom stereocenters. The summed E-state index contributed by atoms with van der Waals surface area (Å²) in [7, 11) is 5.58. The first kappa shape index (κ1) is 13.0. The molecule has 7 nitrogen and oxygen atoms in total. The molecular weight excluding hydrogens is 208 g/mol. The summed E-state index contributed by atoms with van der Waals surface area (Å²) in [6, 6.07) is 0. The number of rotatable bonds is 6. The van der Waals surface area contributed by atoms with E-state index in [9.17, 15) is 5.11 Å². The summed E-state index contributed by atoms with van der Waals surface area (Å²) < 4.78 is 0. The number of hydrogen-bond donors (Lipinski definition) is 2. The molecule has 7 heteroatoms. The lowest BCUT2D eigenvalue weighted by molar-refractivity contribution is 0.0334. The maximum atomic E-state index is 10.0. The van der Waals surface area contributed by atoms with Gasteiger partial charge < -0.3 is 15.3 Å². The van der Waals surface area contributed by atoms with Gasteiger partial charge >= 0.3 is 0 Å². The smallest absolute Gasteiger partial charge is 0.188 e. The van der Waals surface area contributed by atoms with Gasteiger partial charge in [-0.15, -0.1) is 10.2 Å². The summed E-state index contributed by atoms with van der Waals surface area (Å²) in [5.74, 6) is 0.628. The lowest BCUT2D eigenvalue weighted by atomic mass is 10.1. The van der Waals surface area contributed by atoms with Crippen molar-refractivity contribution in [3.8, 4) is 0 Å². The molecule has 92 valence electrons. The van der Waals surface area contributed by atoms with Gasteiger partial charge in [-0.1, -0.05) is 0 Å². The van der Waals surface area contributed by atoms with Crippen LogP contribution < -0.4 is 5.32 Å². The van der Waals surface area contributed by atoms with E-state index in [-0.39, 0.29) is 0 Å². The van der Waals surface area contributed by atoms with Gasteiger partial charge in [-0.05, 0) is 26.2 Å². The molecule has 0 radical (unpaired) electrons. The van der Waals surface area contributed by atoms with Crippen molar-refractivity contribution in [3.63, 3.8) is 0 Å². The van der Waals surface area contributed by atoms with E-state index in [0.29, 0.717) is 25.5 Å². The van der Waals surface area contributed by atoms with Gasteiger partial charge in [0.05, 0.1) is 19.2 Å². The highest BCUT2D eigenvalue weighted by Crippen LogP contribution is 2.02.